The van der Waals surface area contributed by atoms with Gasteiger partial charge in [-0.2, -0.15) is 0 Å². The van der Waals surface area contributed by atoms with E-state index in [0.29, 0.717) is 0 Å². The van der Waals surface area contributed by atoms with Gasteiger partial charge >= 0.3 is 0 Å². The predicted octanol–water partition coefficient (Wildman–Crippen LogP) is 2.00. The normalized spacial score (nSPS) is 15.3. The van der Waals surface area contributed by atoms with Gasteiger partial charge in [0.05, 0.1) is 11.1 Å². The molecule has 0 saturated heterocycles. The Morgan fingerprint density at radius 1 is 1.43 bits per heavy atom. The summed E-state index contributed by atoms with van der Waals surface area (Å²) in [4.78, 5) is 0. The molecular formula is C9H10ClF2NO. The average molecular weight is 222 g/mol. The van der Waals surface area contributed by atoms with E-state index in [0.717, 1.165) is 12.1 Å². The van der Waals surface area contributed by atoms with Crippen molar-refractivity contribution in [2.45, 2.75) is 19.1 Å². The molecule has 0 amide bonds. The molecule has 0 radical (unpaired) electrons. The van der Waals surface area contributed by atoms with Crippen LogP contribution in [0.25, 0.3) is 0 Å². The standard InChI is InChI=1S/C9H10ClF2NO/c1-4(13)9(14)6-2-5(11)3-7(10)8(6)12/h2-4,9,14H,13H2,1H3/t4-,9-/m0/s1. The molecule has 0 spiro atoms. The minimum atomic E-state index is -1.26. The van der Waals surface area contributed by atoms with E-state index in [1.165, 1.54) is 6.92 Å². The number of hydrogen-bond donors (Lipinski definition) is 2. The summed E-state index contributed by atoms with van der Waals surface area (Å²) < 4.78 is 26.1. The predicted molar refractivity (Wildman–Crippen MR) is 50.0 cm³/mol. The van der Waals surface area contributed by atoms with Crippen LogP contribution in [-0.2, 0) is 0 Å². The lowest BCUT2D eigenvalue weighted by Gasteiger charge is -2.16. The first-order valence-corrected chi connectivity index (χ1v) is 4.39. The van der Waals surface area contributed by atoms with Gasteiger partial charge in [-0.3, -0.25) is 0 Å². The van der Waals surface area contributed by atoms with Gasteiger partial charge in [0, 0.05) is 11.6 Å². The van der Waals surface area contributed by atoms with E-state index in [9.17, 15) is 13.9 Å². The average Bonchev–Trinajstić information content (AvgIpc) is 2.09. The molecular weight excluding hydrogens is 212 g/mol. The third-order valence-electron chi connectivity index (χ3n) is 1.84. The Kier molecular flexibility index (Phi) is 3.42. The summed E-state index contributed by atoms with van der Waals surface area (Å²) in [5.41, 5.74) is 5.14. The van der Waals surface area contributed by atoms with E-state index < -0.39 is 23.8 Å². The molecule has 5 heteroatoms. The SMILES string of the molecule is C[C@H](N)[C@H](O)c1cc(F)cc(Cl)c1F. The number of rotatable bonds is 2. The van der Waals surface area contributed by atoms with Crippen molar-refractivity contribution in [3.63, 3.8) is 0 Å². The van der Waals surface area contributed by atoms with Gasteiger partial charge in [-0.1, -0.05) is 11.6 Å². The Hall–Kier alpha value is -0.710. The zero-order chi connectivity index (χ0) is 10.9. The summed E-state index contributed by atoms with van der Waals surface area (Å²) in [5.74, 6) is -1.54. The first kappa shape index (κ1) is 11.4. The quantitative estimate of drug-likeness (QED) is 0.751. The summed E-state index contributed by atoms with van der Waals surface area (Å²) >= 11 is 5.40. The van der Waals surface area contributed by atoms with Crippen LogP contribution in [0.15, 0.2) is 12.1 Å². The van der Waals surface area contributed by atoms with Gasteiger partial charge in [0.2, 0.25) is 0 Å². The Labute approximate surface area is 85.3 Å². The van der Waals surface area contributed by atoms with Crippen LogP contribution in [0.5, 0.6) is 0 Å². The van der Waals surface area contributed by atoms with E-state index in [1.807, 2.05) is 0 Å². The third-order valence-corrected chi connectivity index (χ3v) is 2.11. The Morgan fingerprint density at radius 2 is 2.00 bits per heavy atom. The lowest BCUT2D eigenvalue weighted by molar-refractivity contribution is 0.148. The Bertz CT molecular complexity index is 344. The highest BCUT2D eigenvalue weighted by Gasteiger charge is 2.19. The zero-order valence-corrected chi connectivity index (χ0v) is 8.22. The number of aliphatic hydroxyl groups excluding tert-OH is 1. The largest absolute Gasteiger partial charge is 0.387 e. The second-order valence-corrected chi connectivity index (χ2v) is 3.50. The number of benzene rings is 1. The molecule has 0 aromatic heterocycles. The molecule has 0 saturated carbocycles. The van der Waals surface area contributed by atoms with Gasteiger partial charge < -0.3 is 10.8 Å². The highest BCUT2D eigenvalue weighted by atomic mass is 35.5. The molecule has 78 valence electrons. The first-order valence-electron chi connectivity index (χ1n) is 4.01. The molecule has 0 fully saturated rings. The molecule has 1 rings (SSSR count). The van der Waals surface area contributed by atoms with Crippen molar-refractivity contribution in [1.29, 1.82) is 0 Å². The molecule has 0 aliphatic heterocycles. The summed E-state index contributed by atoms with van der Waals surface area (Å²) in [5, 5.41) is 9.08. The van der Waals surface area contributed by atoms with E-state index in [-0.39, 0.29) is 10.6 Å². The van der Waals surface area contributed by atoms with E-state index in [1.54, 1.807) is 0 Å². The maximum atomic E-state index is 13.3. The minimum Gasteiger partial charge on any atom is -0.387 e. The van der Waals surface area contributed by atoms with Crippen molar-refractivity contribution in [2.24, 2.45) is 5.73 Å². The number of hydrogen-bond acceptors (Lipinski definition) is 2. The number of nitrogens with two attached hydrogens (primary N) is 1. The van der Waals surface area contributed by atoms with Crippen molar-refractivity contribution in [3.05, 3.63) is 34.4 Å². The van der Waals surface area contributed by atoms with E-state index in [2.05, 4.69) is 0 Å². The zero-order valence-electron chi connectivity index (χ0n) is 7.47. The summed E-state index contributed by atoms with van der Waals surface area (Å²) in [6.45, 7) is 1.49. The summed E-state index contributed by atoms with van der Waals surface area (Å²) in [6.07, 6.45) is -1.26. The van der Waals surface area contributed by atoms with Crippen molar-refractivity contribution < 1.29 is 13.9 Å². The monoisotopic (exact) mass is 221 g/mol. The smallest absolute Gasteiger partial charge is 0.147 e. The molecule has 0 bridgehead atoms. The van der Waals surface area contributed by atoms with Crippen LogP contribution in [0, 0.1) is 11.6 Å². The van der Waals surface area contributed by atoms with E-state index >= 15 is 0 Å². The molecule has 0 aliphatic rings. The fraction of sp³-hybridized carbons (Fsp3) is 0.333. The maximum Gasteiger partial charge on any atom is 0.147 e. The van der Waals surface area contributed by atoms with Crippen LogP contribution in [-0.4, -0.2) is 11.1 Å². The number of aliphatic hydroxyl groups is 1. The molecule has 2 atom stereocenters. The van der Waals surface area contributed by atoms with Crippen LogP contribution < -0.4 is 5.73 Å². The second-order valence-electron chi connectivity index (χ2n) is 3.09. The lowest BCUT2D eigenvalue weighted by Crippen LogP contribution is -2.25. The van der Waals surface area contributed by atoms with Crippen molar-refractivity contribution in [3.8, 4) is 0 Å². The summed E-state index contributed by atoms with van der Waals surface area (Å²) in [6, 6.07) is 1.03. The number of halogens is 3. The Balaban J connectivity index is 3.20. The molecule has 1 aromatic carbocycles. The molecule has 0 unspecified atom stereocenters. The van der Waals surface area contributed by atoms with Gasteiger partial charge in [-0.05, 0) is 19.1 Å². The van der Waals surface area contributed by atoms with Crippen molar-refractivity contribution >= 4 is 11.6 Å². The molecule has 0 heterocycles. The van der Waals surface area contributed by atoms with E-state index in [4.69, 9.17) is 17.3 Å². The third kappa shape index (κ3) is 2.20. The molecule has 3 N–H and O–H groups in total. The highest BCUT2D eigenvalue weighted by molar-refractivity contribution is 6.30. The fourth-order valence-corrected chi connectivity index (χ4v) is 1.29. The van der Waals surface area contributed by atoms with Crippen LogP contribution in [0.3, 0.4) is 0 Å². The molecule has 14 heavy (non-hydrogen) atoms. The van der Waals surface area contributed by atoms with Crippen LogP contribution >= 0.6 is 11.6 Å². The van der Waals surface area contributed by atoms with Crippen LogP contribution in [0.2, 0.25) is 5.02 Å². The van der Waals surface area contributed by atoms with Gasteiger partial charge in [0.25, 0.3) is 0 Å². The summed E-state index contributed by atoms with van der Waals surface area (Å²) in [7, 11) is 0. The van der Waals surface area contributed by atoms with Gasteiger partial charge in [-0.15, -0.1) is 0 Å². The van der Waals surface area contributed by atoms with Crippen molar-refractivity contribution in [1.82, 2.24) is 0 Å². The molecule has 2 nitrogen and oxygen atoms in total. The van der Waals surface area contributed by atoms with Gasteiger partial charge in [-0.25, -0.2) is 8.78 Å². The Morgan fingerprint density at radius 3 is 2.50 bits per heavy atom. The topological polar surface area (TPSA) is 46.2 Å². The van der Waals surface area contributed by atoms with Crippen molar-refractivity contribution in [2.75, 3.05) is 0 Å². The first-order chi connectivity index (χ1) is 6.43. The van der Waals surface area contributed by atoms with Crippen LogP contribution in [0.4, 0.5) is 8.78 Å². The fourth-order valence-electron chi connectivity index (χ4n) is 1.07. The van der Waals surface area contributed by atoms with Gasteiger partial charge in [0.1, 0.15) is 11.6 Å². The molecule has 1 aromatic rings. The lowest BCUT2D eigenvalue weighted by atomic mass is 10.0. The van der Waals surface area contributed by atoms with Gasteiger partial charge in [0.15, 0.2) is 0 Å². The highest BCUT2D eigenvalue weighted by Crippen LogP contribution is 2.26. The maximum absolute atomic E-state index is 13.3. The molecule has 0 aliphatic carbocycles. The van der Waals surface area contributed by atoms with Crippen LogP contribution in [0.1, 0.15) is 18.6 Å². The minimum absolute atomic E-state index is 0.218. The second kappa shape index (κ2) is 4.21.